The Hall–Kier alpha value is -0.590. The summed E-state index contributed by atoms with van der Waals surface area (Å²) < 4.78 is 0. The molecule has 0 atom stereocenters. The predicted molar refractivity (Wildman–Crippen MR) is 25.6 cm³/mol. The van der Waals surface area contributed by atoms with Gasteiger partial charge in [0.15, 0.2) is 0 Å². The second-order valence-electron chi connectivity index (χ2n) is 1.71. The molecule has 1 rings (SSSR count). The van der Waals surface area contributed by atoms with Crippen LogP contribution in [0.5, 0.6) is 0 Å². The van der Waals surface area contributed by atoms with Gasteiger partial charge in [0.05, 0.1) is 0 Å². The number of carboxylic acid groups (broad SMARTS) is 1. The molecule has 1 aliphatic rings. The molecule has 11 heavy (non-hydrogen) atoms. The van der Waals surface area contributed by atoms with E-state index in [9.17, 15) is 19.5 Å². The minimum atomic E-state index is -1.66. The molecule has 0 unspecified atom stereocenters. The van der Waals surface area contributed by atoms with Gasteiger partial charge in [-0.25, -0.2) is 4.79 Å². The minimum Gasteiger partial charge on any atom is -0.529 e. The van der Waals surface area contributed by atoms with Crippen LogP contribution in [0, 0.1) is 0 Å². The van der Waals surface area contributed by atoms with Crippen molar-refractivity contribution >= 4 is 18.0 Å². The van der Waals surface area contributed by atoms with Crippen LogP contribution in [0.25, 0.3) is 0 Å². The molecule has 0 aromatic heterocycles. The molecule has 54 valence electrons. The molecule has 1 saturated heterocycles. The van der Waals surface area contributed by atoms with E-state index in [2.05, 4.69) is 0 Å². The molecule has 0 radical (unpaired) electrons. The van der Waals surface area contributed by atoms with Crippen LogP contribution >= 0.6 is 0 Å². The summed E-state index contributed by atoms with van der Waals surface area (Å²) in [6.07, 6.45) is -1.66. The molecule has 0 aliphatic carbocycles. The van der Waals surface area contributed by atoms with E-state index in [-0.39, 0.29) is 29.6 Å². The summed E-state index contributed by atoms with van der Waals surface area (Å²) in [5.74, 6) is -0.630. The van der Waals surface area contributed by atoms with Crippen LogP contribution in [-0.4, -0.2) is 29.5 Å². The van der Waals surface area contributed by atoms with Crippen LogP contribution in [-0.2, 0) is 4.79 Å². The Labute approximate surface area is 83.8 Å². The quantitative estimate of drug-likeness (QED) is 0.288. The predicted octanol–water partition coefficient (Wildman–Crippen LogP) is -5.11. The van der Waals surface area contributed by atoms with Crippen molar-refractivity contribution in [3.8, 4) is 0 Å². The molecule has 7 heteroatoms. The average molecular weight is 166 g/mol. The first kappa shape index (κ1) is 10.4. The number of hydrogen-bond acceptors (Lipinski definition) is 4. The van der Waals surface area contributed by atoms with E-state index in [0.29, 0.717) is 4.90 Å². The van der Waals surface area contributed by atoms with Gasteiger partial charge in [-0.2, -0.15) is 0 Å². The first-order valence-corrected chi connectivity index (χ1v) is 2.43. The van der Waals surface area contributed by atoms with Gasteiger partial charge in [0, 0.05) is 0 Å². The average Bonchev–Trinajstić information content (AvgIpc) is 2.10. The number of urea groups is 1. The van der Waals surface area contributed by atoms with Crippen LogP contribution < -0.4 is 40.0 Å². The molecule has 0 aromatic rings. The zero-order valence-corrected chi connectivity index (χ0v) is 7.79. The number of nitrogens with one attached hydrogen (secondary N) is 1. The zero-order valence-electron chi connectivity index (χ0n) is 5.79. The summed E-state index contributed by atoms with van der Waals surface area (Å²) >= 11 is 0. The largest absolute Gasteiger partial charge is 1.00 e. The number of nitrogens with zero attached hydrogens (tertiary/aromatic N) is 1. The van der Waals surface area contributed by atoms with Crippen molar-refractivity contribution in [1.82, 2.24) is 10.2 Å². The van der Waals surface area contributed by atoms with Gasteiger partial charge in [0.1, 0.15) is 12.6 Å². The Kier molecular flexibility index (Phi) is 3.50. The molecule has 0 aromatic carbocycles. The third-order valence-electron chi connectivity index (χ3n) is 1.01. The molecule has 1 N–H and O–H groups in total. The van der Waals surface area contributed by atoms with E-state index in [1.165, 1.54) is 0 Å². The fraction of sp³-hybridized carbons (Fsp3) is 0.250. The van der Waals surface area contributed by atoms with E-state index in [4.69, 9.17) is 0 Å². The van der Waals surface area contributed by atoms with Crippen LogP contribution in [0.4, 0.5) is 9.59 Å². The van der Waals surface area contributed by atoms with E-state index >= 15 is 0 Å². The third kappa shape index (κ3) is 2.18. The minimum absolute atomic E-state index is 0. The number of imide groups is 2. The maximum atomic E-state index is 10.4. The second-order valence-corrected chi connectivity index (χ2v) is 1.71. The molecule has 1 aliphatic heterocycles. The summed E-state index contributed by atoms with van der Waals surface area (Å²) in [6, 6.07) is -0.940. The van der Waals surface area contributed by atoms with Gasteiger partial charge in [0.2, 0.25) is 5.91 Å². The fourth-order valence-corrected chi connectivity index (χ4v) is 0.589. The standard InChI is InChI=1S/C4H4N2O4.Na/c7-2-1-6(4(9)10)3(8)5-2;/h1H2,(H,9,10)(H,5,7,8);/q;+1/p-1. The van der Waals surface area contributed by atoms with Crippen LogP contribution in [0.2, 0.25) is 0 Å². The third-order valence-corrected chi connectivity index (χ3v) is 1.01. The Morgan fingerprint density at radius 3 is 2.27 bits per heavy atom. The summed E-state index contributed by atoms with van der Waals surface area (Å²) in [6.45, 7) is -0.457. The smallest absolute Gasteiger partial charge is 0.529 e. The Balaban J connectivity index is 0.000001000. The monoisotopic (exact) mass is 166 g/mol. The molecule has 0 bridgehead atoms. The molecular formula is C4H3N2NaO4. The van der Waals surface area contributed by atoms with Crippen molar-refractivity contribution in [3.63, 3.8) is 0 Å². The summed E-state index contributed by atoms with van der Waals surface area (Å²) in [5.41, 5.74) is 0. The maximum absolute atomic E-state index is 10.4. The van der Waals surface area contributed by atoms with Gasteiger partial charge >= 0.3 is 35.6 Å². The van der Waals surface area contributed by atoms with Gasteiger partial charge < -0.3 is 9.90 Å². The molecule has 6 nitrogen and oxygen atoms in total. The molecule has 0 saturated carbocycles. The van der Waals surface area contributed by atoms with Crippen LogP contribution in [0.1, 0.15) is 0 Å². The van der Waals surface area contributed by atoms with Crippen LogP contribution in [0.15, 0.2) is 0 Å². The number of hydrogen-bond donors (Lipinski definition) is 1. The van der Waals surface area contributed by atoms with Crippen LogP contribution in [0.3, 0.4) is 0 Å². The van der Waals surface area contributed by atoms with Gasteiger partial charge in [-0.15, -0.1) is 0 Å². The summed E-state index contributed by atoms with van der Waals surface area (Å²) in [5, 5.41) is 11.7. The van der Waals surface area contributed by atoms with Crippen molar-refractivity contribution in [2.45, 2.75) is 0 Å². The van der Waals surface area contributed by atoms with E-state index in [1.54, 1.807) is 5.32 Å². The van der Waals surface area contributed by atoms with E-state index in [1.807, 2.05) is 0 Å². The SMILES string of the molecule is O=C1CN(C(=O)[O-])C(=O)N1.[Na+]. The Morgan fingerprint density at radius 2 is 2.09 bits per heavy atom. The van der Waals surface area contributed by atoms with Gasteiger partial charge in [-0.3, -0.25) is 15.0 Å². The number of rotatable bonds is 0. The summed E-state index contributed by atoms with van der Waals surface area (Å²) in [7, 11) is 0. The van der Waals surface area contributed by atoms with Crippen molar-refractivity contribution in [2.75, 3.05) is 6.54 Å². The number of amides is 4. The normalized spacial score (nSPS) is 15.8. The van der Waals surface area contributed by atoms with Gasteiger partial charge in [-0.1, -0.05) is 0 Å². The van der Waals surface area contributed by atoms with Gasteiger partial charge in [-0.05, 0) is 0 Å². The van der Waals surface area contributed by atoms with Crippen molar-refractivity contribution < 1.29 is 49.0 Å². The van der Waals surface area contributed by atoms with Crippen molar-refractivity contribution in [3.05, 3.63) is 0 Å². The van der Waals surface area contributed by atoms with E-state index in [0.717, 1.165) is 0 Å². The molecule has 4 amide bonds. The fourth-order valence-electron chi connectivity index (χ4n) is 0.589. The topological polar surface area (TPSA) is 89.5 Å². The molecule has 1 fully saturated rings. The first-order chi connectivity index (χ1) is 4.61. The first-order valence-electron chi connectivity index (χ1n) is 2.43. The molecule has 1 heterocycles. The molecular weight excluding hydrogens is 163 g/mol. The van der Waals surface area contributed by atoms with Crippen molar-refractivity contribution in [2.24, 2.45) is 0 Å². The Morgan fingerprint density at radius 1 is 1.55 bits per heavy atom. The Bertz CT molecular complexity index is 216. The maximum Gasteiger partial charge on any atom is 1.00 e. The van der Waals surface area contributed by atoms with Gasteiger partial charge in [0.25, 0.3) is 0 Å². The number of carbonyl (C=O) groups excluding carboxylic acids is 3. The van der Waals surface area contributed by atoms with Crippen molar-refractivity contribution in [1.29, 1.82) is 0 Å². The number of carbonyl (C=O) groups is 3. The zero-order chi connectivity index (χ0) is 7.72. The van der Waals surface area contributed by atoms with E-state index < -0.39 is 24.6 Å². The second kappa shape index (κ2) is 3.70. The summed E-state index contributed by atoms with van der Waals surface area (Å²) in [4.78, 5) is 31.0. The molecule has 0 spiro atoms.